The minimum absolute atomic E-state index is 0.435. The zero-order chi connectivity index (χ0) is 12.4. The second kappa shape index (κ2) is 4.87. The maximum absolute atomic E-state index is 11.9. The van der Waals surface area contributed by atoms with Crippen LogP contribution in [0.2, 0.25) is 0 Å². The van der Waals surface area contributed by atoms with E-state index in [1.807, 2.05) is 5.38 Å². The lowest BCUT2D eigenvalue weighted by Gasteiger charge is -2.13. The van der Waals surface area contributed by atoms with E-state index in [4.69, 9.17) is 10.5 Å². The second-order valence-corrected chi connectivity index (χ2v) is 5.17. The van der Waals surface area contributed by atoms with Crippen molar-refractivity contribution in [2.75, 3.05) is 0 Å². The Kier molecular flexibility index (Phi) is 3.47. The van der Waals surface area contributed by atoms with Gasteiger partial charge in [0.05, 0.1) is 5.56 Å². The van der Waals surface area contributed by atoms with Gasteiger partial charge in [-0.25, -0.2) is 4.79 Å². The average Bonchev–Trinajstić information content (AvgIpc) is 2.72. The van der Waals surface area contributed by atoms with Crippen molar-refractivity contribution in [1.82, 2.24) is 0 Å². The van der Waals surface area contributed by atoms with E-state index >= 15 is 0 Å². The highest BCUT2D eigenvalue weighted by molar-refractivity contribution is 7.10. The maximum atomic E-state index is 11.9. The molecule has 0 spiro atoms. The number of nitrogens with two attached hydrogens (primary N) is 1. The van der Waals surface area contributed by atoms with Gasteiger partial charge in [-0.15, -0.1) is 11.3 Å². The van der Waals surface area contributed by atoms with E-state index in [2.05, 4.69) is 0 Å². The molecule has 1 heterocycles. The molecule has 5 heteroatoms. The summed E-state index contributed by atoms with van der Waals surface area (Å²) in [5, 5.41) is 1.83. The van der Waals surface area contributed by atoms with Crippen molar-refractivity contribution in [1.29, 1.82) is 0 Å². The van der Waals surface area contributed by atoms with Crippen LogP contribution in [-0.4, -0.2) is 18.0 Å². The molecule has 0 aliphatic heterocycles. The van der Waals surface area contributed by atoms with Crippen molar-refractivity contribution < 1.29 is 14.3 Å². The molecular weight excluding hydrogens is 238 g/mol. The number of ether oxygens (including phenoxy) is 1. The molecule has 92 valence electrons. The number of carbonyl (C=O) groups excluding carboxylic acids is 2. The fourth-order valence-electron chi connectivity index (χ4n) is 1.95. The van der Waals surface area contributed by atoms with Crippen LogP contribution in [-0.2, 0) is 22.4 Å². The van der Waals surface area contributed by atoms with Gasteiger partial charge in [0.25, 0.3) is 5.91 Å². The molecule has 0 unspecified atom stereocenters. The van der Waals surface area contributed by atoms with E-state index in [9.17, 15) is 9.59 Å². The van der Waals surface area contributed by atoms with E-state index in [1.165, 1.54) is 18.2 Å². The molecule has 1 aromatic heterocycles. The van der Waals surface area contributed by atoms with Gasteiger partial charge in [-0.2, -0.15) is 0 Å². The molecule has 0 radical (unpaired) electrons. The maximum Gasteiger partial charge on any atom is 0.340 e. The highest BCUT2D eigenvalue weighted by Crippen LogP contribution is 2.30. The highest BCUT2D eigenvalue weighted by atomic mass is 32.1. The van der Waals surface area contributed by atoms with E-state index in [0.717, 1.165) is 24.8 Å². The van der Waals surface area contributed by atoms with Crippen LogP contribution in [0.5, 0.6) is 0 Å². The number of hydrogen-bond acceptors (Lipinski definition) is 4. The van der Waals surface area contributed by atoms with Gasteiger partial charge in [0.2, 0.25) is 0 Å². The Morgan fingerprint density at radius 2 is 2.12 bits per heavy atom. The lowest BCUT2D eigenvalue weighted by molar-refractivity contribution is -0.125. The number of hydrogen-bond donors (Lipinski definition) is 1. The van der Waals surface area contributed by atoms with Gasteiger partial charge in [0.1, 0.15) is 0 Å². The number of rotatable bonds is 3. The molecular formula is C12H15NO3S. The first-order valence-corrected chi connectivity index (χ1v) is 6.57. The molecule has 0 aromatic carbocycles. The second-order valence-electron chi connectivity index (χ2n) is 4.21. The fourth-order valence-corrected chi connectivity index (χ4v) is 3.06. The summed E-state index contributed by atoms with van der Waals surface area (Å²) in [4.78, 5) is 24.0. The average molecular weight is 253 g/mol. The third-order valence-corrected chi connectivity index (χ3v) is 4.05. The van der Waals surface area contributed by atoms with Crippen LogP contribution >= 0.6 is 11.3 Å². The summed E-state index contributed by atoms with van der Waals surface area (Å²) in [5.41, 5.74) is 6.77. The van der Waals surface area contributed by atoms with Gasteiger partial charge >= 0.3 is 5.97 Å². The van der Waals surface area contributed by atoms with Gasteiger partial charge in [-0.05, 0) is 38.2 Å². The molecule has 0 fully saturated rings. The molecule has 4 nitrogen and oxygen atoms in total. The van der Waals surface area contributed by atoms with Gasteiger partial charge < -0.3 is 10.5 Å². The molecule has 1 atom stereocenters. The summed E-state index contributed by atoms with van der Waals surface area (Å²) >= 11 is 1.60. The molecule has 1 aliphatic rings. The summed E-state index contributed by atoms with van der Waals surface area (Å²) in [6.07, 6.45) is 3.38. The van der Waals surface area contributed by atoms with E-state index in [1.54, 1.807) is 11.3 Å². The van der Waals surface area contributed by atoms with Gasteiger partial charge in [-0.1, -0.05) is 0 Å². The first-order valence-electron chi connectivity index (χ1n) is 5.69. The Labute approximate surface area is 104 Å². The number of esters is 1. The van der Waals surface area contributed by atoms with Crippen molar-refractivity contribution in [2.45, 2.75) is 38.7 Å². The van der Waals surface area contributed by atoms with E-state index in [0.29, 0.717) is 5.56 Å². The Balaban J connectivity index is 2.14. The van der Waals surface area contributed by atoms with Crippen LogP contribution in [0.15, 0.2) is 5.38 Å². The zero-order valence-corrected chi connectivity index (χ0v) is 10.5. The van der Waals surface area contributed by atoms with Crippen LogP contribution in [0.1, 0.15) is 40.6 Å². The summed E-state index contributed by atoms with van der Waals surface area (Å²) in [6.45, 7) is 1.49. The smallest absolute Gasteiger partial charge is 0.340 e. The van der Waals surface area contributed by atoms with Gasteiger partial charge in [-0.3, -0.25) is 4.79 Å². The summed E-state index contributed by atoms with van der Waals surface area (Å²) in [6, 6.07) is 0. The molecule has 0 bridgehead atoms. The lowest BCUT2D eigenvalue weighted by Crippen LogP contribution is -2.30. The molecule has 0 saturated heterocycles. The first kappa shape index (κ1) is 12.1. The summed E-state index contributed by atoms with van der Waals surface area (Å²) in [7, 11) is 0. The van der Waals surface area contributed by atoms with Crippen molar-refractivity contribution in [3.8, 4) is 0 Å². The van der Waals surface area contributed by atoms with Gasteiger partial charge in [0.15, 0.2) is 6.10 Å². The minimum Gasteiger partial charge on any atom is -0.449 e. The quantitative estimate of drug-likeness (QED) is 0.833. The molecule has 17 heavy (non-hydrogen) atoms. The third-order valence-electron chi connectivity index (χ3n) is 2.97. The van der Waals surface area contributed by atoms with Crippen molar-refractivity contribution in [3.63, 3.8) is 0 Å². The Morgan fingerprint density at radius 1 is 1.41 bits per heavy atom. The normalized spacial score (nSPS) is 16.1. The van der Waals surface area contributed by atoms with E-state index < -0.39 is 18.0 Å². The Hall–Kier alpha value is -1.36. The Bertz CT molecular complexity index is 453. The number of thiophene rings is 1. The monoisotopic (exact) mass is 253 g/mol. The number of aryl methyl sites for hydroxylation is 1. The van der Waals surface area contributed by atoms with Gasteiger partial charge in [0, 0.05) is 10.3 Å². The molecule has 2 rings (SSSR count). The number of primary amides is 1. The summed E-state index contributed by atoms with van der Waals surface area (Å²) in [5.74, 6) is -1.06. The largest absolute Gasteiger partial charge is 0.449 e. The minimum atomic E-state index is -0.873. The van der Waals surface area contributed by atoms with Crippen molar-refractivity contribution in [3.05, 3.63) is 21.4 Å². The molecule has 2 N–H and O–H groups in total. The van der Waals surface area contributed by atoms with Crippen LogP contribution < -0.4 is 5.73 Å². The predicted molar refractivity (Wildman–Crippen MR) is 65.0 cm³/mol. The Morgan fingerprint density at radius 3 is 2.82 bits per heavy atom. The number of amides is 1. The van der Waals surface area contributed by atoms with Crippen molar-refractivity contribution in [2.24, 2.45) is 5.73 Å². The number of carbonyl (C=O) groups is 2. The number of fused-ring (bicyclic) bond motifs is 1. The summed E-state index contributed by atoms with van der Waals surface area (Å²) < 4.78 is 5.02. The highest BCUT2D eigenvalue weighted by Gasteiger charge is 2.23. The van der Waals surface area contributed by atoms with Crippen LogP contribution in [0.25, 0.3) is 0 Å². The first-order chi connectivity index (χ1) is 8.09. The fraction of sp³-hybridized carbons (Fsp3) is 0.500. The van der Waals surface area contributed by atoms with Crippen molar-refractivity contribution >= 4 is 23.2 Å². The topological polar surface area (TPSA) is 69.4 Å². The SMILES string of the molecule is C[C@H](OC(=O)c1csc2c1CCCC2)C(N)=O. The predicted octanol–water partition coefficient (Wildman–Crippen LogP) is 1.66. The van der Waals surface area contributed by atoms with Crippen LogP contribution in [0.3, 0.4) is 0 Å². The zero-order valence-electron chi connectivity index (χ0n) is 9.69. The standard InChI is InChI=1S/C12H15NO3S/c1-7(11(13)14)16-12(15)9-6-17-10-5-3-2-4-8(9)10/h6-7H,2-5H2,1H3,(H2,13,14)/t7-/m0/s1. The third kappa shape index (κ3) is 2.49. The molecule has 1 aromatic rings. The lowest BCUT2D eigenvalue weighted by atomic mass is 9.96. The molecule has 1 amide bonds. The molecule has 1 aliphatic carbocycles. The van der Waals surface area contributed by atoms with Crippen LogP contribution in [0, 0.1) is 0 Å². The molecule has 0 saturated carbocycles. The van der Waals surface area contributed by atoms with Crippen LogP contribution in [0.4, 0.5) is 0 Å². The van der Waals surface area contributed by atoms with E-state index in [-0.39, 0.29) is 0 Å².